The van der Waals surface area contributed by atoms with Crippen molar-refractivity contribution in [3.63, 3.8) is 0 Å². The van der Waals surface area contributed by atoms with E-state index < -0.39 is 12.2 Å². The molecule has 0 unspecified atom stereocenters. The van der Waals surface area contributed by atoms with Crippen molar-refractivity contribution in [2.45, 2.75) is 90.1 Å². The van der Waals surface area contributed by atoms with Gasteiger partial charge in [0, 0.05) is 0 Å². The third-order valence-electron chi connectivity index (χ3n) is 5.27. The van der Waals surface area contributed by atoms with Crippen LogP contribution in [0.15, 0.2) is 0 Å². The van der Waals surface area contributed by atoms with Crippen molar-refractivity contribution < 1.29 is 24.5 Å². The Morgan fingerprint density at radius 2 is 1.96 bits per heavy atom. The Morgan fingerprint density at radius 1 is 1.30 bits per heavy atom. The molecule has 0 radical (unpaired) electrons. The molecule has 1 fully saturated rings. The summed E-state index contributed by atoms with van der Waals surface area (Å²) in [4.78, 5) is 11.4. The molecule has 1 saturated heterocycles. The molecule has 1 rings (SSSR count). The second kappa shape index (κ2) is 9.00. The minimum Gasteiger partial charge on any atom is -0.469 e. The average Bonchev–Trinajstić information content (AvgIpc) is 2.88. The number of aliphatic hydroxyl groups is 2. The van der Waals surface area contributed by atoms with E-state index in [9.17, 15) is 15.0 Å². The third-order valence-corrected chi connectivity index (χ3v) is 5.27. The maximum Gasteiger partial charge on any atom is 0.308 e. The van der Waals surface area contributed by atoms with Crippen molar-refractivity contribution in [1.29, 1.82) is 0 Å². The molecule has 6 atom stereocenters. The van der Waals surface area contributed by atoms with Crippen LogP contribution < -0.4 is 0 Å². The first kappa shape index (κ1) is 20.4. The Morgan fingerprint density at radius 3 is 2.43 bits per heavy atom. The Labute approximate surface area is 140 Å². The number of carbonyl (C=O) groups excluding carboxylic acids is 1. The first-order valence-corrected chi connectivity index (χ1v) is 8.90. The molecule has 5 heteroatoms. The maximum absolute atomic E-state index is 11.4. The van der Waals surface area contributed by atoms with Crippen molar-refractivity contribution in [3.05, 3.63) is 0 Å². The minimum absolute atomic E-state index is 0.0172. The second-order valence-corrected chi connectivity index (χ2v) is 7.10. The number of carbonyl (C=O) groups is 1. The van der Waals surface area contributed by atoms with Crippen molar-refractivity contribution in [1.82, 2.24) is 0 Å². The molecule has 0 aromatic heterocycles. The quantitative estimate of drug-likeness (QED) is 0.636. The van der Waals surface area contributed by atoms with Crippen LogP contribution in [0, 0.1) is 11.8 Å². The molecule has 0 amide bonds. The number of ether oxygens (including phenoxy) is 2. The number of methoxy groups -OCH3 is 1. The van der Waals surface area contributed by atoms with Gasteiger partial charge >= 0.3 is 5.97 Å². The van der Waals surface area contributed by atoms with Crippen LogP contribution in [0.5, 0.6) is 0 Å². The van der Waals surface area contributed by atoms with Gasteiger partial charge in [-0.15, -0.1) is 0 Å². The standard InChI is InChI=1S/C18H34O5/c1-6-12(15(20)9-16(21)22-5)10-18(4)11-13(7-2)17(23-18)14(19)8-3/h12-15,17,19-20H,6-11H2,1-5H3/t12-,13-,14+,15+,17-,18-/m1/s1. The van der Waals surface area contributed by atoms with Gasteiger partial charge in [0.05, 0.1) is 37.4 Å². The van der Waals surface area contributed by atoms with Crippen LogP contribution >= 0.6 is 0 Å². The van der Waals surface area contributed by atoms with Gasteiger partial charge in [-0.2, -0.15) is 0 Å². The number of esters is 1. The van der Waals surface area contributed by atoms with Gasteiger partial charge in [0.15, 0.2) is 0 Å². The fraction of sp³-hybridized carbons (Fsp3) is 0.944. The zero-order chi connectivity index (χ0) is 17.6. The van der Waals surface area contributed by atoms with Crippen LogP contribution in [0.4, 0.5) is 0 Å². The van der Waals surface area contributed by atoms with Gasteiger partial charge in [0.2, 0.25) is 0 Å². The fourth-order valence-corrected chi connectivity index (χ4v) is 3.80. The lowest BCUT2D eigenvalue weighted by Crippen LogP contribution is -2.36. The summed E-state index contributed by atoms with van der Waals surface area (Å²) in [6.45, 7) is 8.16. The molecular weight excluding hydrogens is 296 g/mol. The molecule has 1 heterocycles. The fourth-order valence-electron chi connectivity index (χ4n) is 3.80. The van der Waals surface area contributed by atoms with Crippen LogP contribution in [0.25, 0.3) is 0 Å². The van der Waals surface area contributed by atoms with Gasteiger partial charge in [0.1, 0.15) is 0 Å². The van der Waals surface area contributed by atoms with Gasteiger partial charge in [-0.3, -0.25) is 4.79 Å². The molecule has 5 nitrogen and oxygen atoms in total. The third kappa shape index (κ3) is 5.44. The van der Waals surface area contributed by atoms with Crippen LogP contribution in [0.3, 0.4) is 0 Å². The van der Waals surface area contributed by atoms with Crippen LogP contribution in [0.2, 0.25) is 0 Å². The molecule has 1 aliphatic rings. The Balaban J connectivity index is 2.74. The average molecular weight is 330 g/mol. The minimum atomic E-state index is -0.719. The second-order valence-electron chi connectivity index (χ2n) is 7.10. The van der Waals surface area contributed by atoms with E-state index in [2.05, 4.69) is 18.6 Å². The molecule has 0 aliphatic carbocycles. The van der Waals surface area contributed by atoms with Crippen LogP contribution in [-0.2, 0) is 14.3 Å². The van der Waals surface area contributed by atoms with Gasteiger partial charge < -0.3 is 19.7 Å². The first-order valence-electron chi connectivity index (χ1n) is 8.90. The molecule has 0 aromatic rings. The molecule has 136 valence electrons. The van der Waals surface area contributed by atoms with Gasteiger partial charge in [-0.25, -0.2) is 0 Å². The Bertz CT molecular complexity index is 372. The summed E-state index contributed by atoms with van der Waals surface area (Å²) in [5, 5.41) is 20.5. The highest BCUT2D eigenvalue weighted by Crippen LogP contribution is 2.43. The van der Waals surface area contributed by atoms with E-state index in [0.29, 0.717) is 18.8 Å². The summed E-state index contributed by atoms with van der Waals surface area (Å²) in [5.41, 5.74) is -0.362. The van der Waals surface area contributed by atoms with Crippen molar-refractivity contribution in [2.24, 2.45) is 11.8 Å². The predicted octanol–water partition coefficient (Wildman–Crippen LogP) is 2.67. The largest absolute Gasteiger partial charge is 0.469 e. The Hall–Kier alpha value is -0.650. The summed E-state index contributed by atoms with van der Waals surface area (Å²) in [6, 6.07) is 0. The van der Waals surface area contributed by atoms with Crippen LogP contribution in [0.1, 0.15) is 66.2 Å². The smallest absolute Gasteiger partial charge is 0.308 e. The van der Waals surface area contributed by atoms with E-state index in [1.54, 1.807) is 0 Å². The van der Waals surface area contributed by atoms with E-state index in [1.165, 1.54) is 7.11 Å². The zero-order valence-electron chi connectivity index (χ0n) is 15.2. The number of hydrogen-bond donors (Lipinski definition) is 2. The summed E-state index contributed by atoms with van der Waals surface area (Å²) in [5.74, 6) is -0.0708. The first-order chi connectivity index (χ1) is 10.8. The molecule has 1 aliphatic heterocycles. The van der Waals surface area contributed by atoms with Gasteiger partial charge in [-0.1, -0.05) is 33.6 Å². The highest BCUT2D eigenvalue weighted by molar-refractivity contribution is 5.69. The maximum atomic E-state index is 11.4. The summed E-state index contributed by atoms with van der Waals surface area (Å²) < 4.78 is 10.9. The summed E-state index contributed by atoms with van der Waals surface area (Å²) in [7, 11) is 1.33. The van der Waals surface area contributed by atoms with E-state index in [0.717, 1.165) is 19.3 Å². The molecular formula is C18H34O5. The molecule has 0 bridgehead atoms. The number of hydrogen-bond acceptors (Lipinski definition) is 5. The highest BCUT2D eigenvalue weighted by atomic mass is 16.5. The molecule has 0 aromatic carbocycles. The Kier molecular flexibility index (Phi) is 7.98. The SMILES string of the molecule is CC[C@@H]1C[C@@](C)(C[C@@H](CC)[C@@H](O)CC(=O)OC)O[C@H]1[C@@H](O)CC. The molecule has 23 heavy (non-hydrogen) atoms. The van der Waals surface area contributed by atoms with Crippen LogP contribution in [-0.4, -0.2) is 47.2 Å². The van der Waals surface area contributed by atoms with Crippen molar-refractivity contribution in [3.8, 4) is 0 Å². The van der Waals surface area contributed by atoms with E-state index in [1.807, 2.05) is 13.8 Å². The lowest BCUT2D eigenvalue weighted by Gasteiger charge is -2.32. The number of rotatable bonds is 9. The lowest BCUT2D eigenvalue weighted by atomic mass is 9.81. The topological polar surface area (TPSA) is 76.0 Å². The normalized spacial score (nSPS) is 31.6. The monoisotopic (exact) mass is 330 g/mol. The molecule has 0 saturated carbocycles. The van der Waals surface area contributed by atoms with Gasteiger partial charge in [0.25, 0.3) is 0 Å². The van der Waals surface area contributed by atoms with E-state index >= 15 is 0 Å². The molecule has 2 N–H and O–H groups in total. The molecule has 0 spiro atoms. The van der Waals surface area contributed by atoms with Crippen molar-refractivity contribution >= 4 is 5.97 Å². The zero-order valence-corrected chi connectivity index (χ0v) is 15.2. The summed E-state index contributed by atoms with van der Waals surface area (Å²) in [6.07, 6.45) is 2.71. The van der Waals surface area contributed by atoms with Gasteiger partial charge in [-0.05, 0) is 38.0 Å². The highest BCUT2D eigenvalue weighted by Gasteiger charge is 2.46. The number of aliphatic hydroxyl groups excluding tert-OH is 2. The van der Waals surface area contributed by atoms with E-state index in [-0.39, 0.29) is 30.0 Å². The lowest BCUT2D eigenvalue weighted by molar-refractivity contribution is -0.144. The summed E-state index contributed by atoms with van der Waals surface area (Å²) >= 11 is 0. The predicted molar refractivity (Wildman–Crippen MR) is 89.0 cm³/mol. The van der Waals surface area contributed by atoms with E-state index in [4.69, 9.17) is 4.74 Å². The van der Waals surface area contributed by atoms with Crippen molar-refractivity contribution in [2.75, 3.05) is 7.11 Å².